The normalized spacial score (nSPS) is 12.6. The van der Waals surface area contributed by atoms with Gasteiger partial charge in [0.15, 0.2) is 5.82 Å². The van der Waals surface area contributed by atoms with E-state index in [9.17, 15) is 19.5 Å². The molecular formula is C42H53N5O5. The maximum absolute atomic E-state index is 13.5. The summed E-state index contributed by atoms with van der Waals surface area (Å²) in [6, 6.07) is 20.5. The molecule has 0 bridgehead atoms. The lowest BCUT2D eigenvalue weighted by molar-refractivity contribution is -0.142. The SMILES string of the molecule is CCCCCCCOc1ccc(-c2cnc(-c3ccc(CC(NC(=O)c4ccc(C(C)(C)C)cc4)C(=O)NC(CN(C)C)C(=O)O)cc3)nc2)cc1. The summed E-state index contributed by atoms with van der Waals surface area (Å²) in [5, 5.41) is 15.2. The van der Waals surface area contributed by atoms with E-state index >= 15 is 0 Å². The molecule has 1 aromatic heterocycles. The standard InChI is InChI=1S/C42H53N5O5/c1-7-8-9-10-11-24-52-35-22-18-30(19-23-35)33-26-43-38(44-27-33)31-14-12-29(13-15-31)25-36(40(49)46-37(41(50)51)28-47(5)6)45-39(48)32-16-20-34(21-17-32)42(2,3)4/h12-23,26-27,36-37H,7-11,24-25,28H2,1-6H3,(H,45,48)(H,46,49)(H,50,51). The highest BCUT2D eigenvalue weighted by Crippen LogP contribution is 2.25. The molecule has 52 heavy (non-hydrogen) atoms. The van der Waals surface area contributed by atoms with Gasteiger partial charge in [0.25, 0.3) is 5.91 Å². The largest absolute Gasteiger partial charge is 0.494 e. The molecule has 0 aliphatic rings. The molecule has 2 unspecified atom stereocenters. The van der Waals surface area contributed by atoms with Crippen molar-refractivity contribution in [3.05, 3.63) is 102 Å². The lowest BCUT2D eigenvalue weighted by atomic mass is 9.86. The van der Waals surface area contributed by atoms with E-state index in [0.717, 1.165) is 46.6 Å². The number of carboxylic acid groups (broad SMARTS) is 1. The second-order valence-corrected chi connectivity index (χ2v) is 14.5. The van der Waals surface area contributed by atoms with Crippen LogP contribution in [-0.2, 0) is 21.4 Å². The van der Waals surface area contributed by atoms with Crippen LogP contribution in [0.1, 0.15) is 81.3 Å². The molecule has 0 fully saturated rings. The highest BCUT2D eigenvalue weighted by atomic mass is 16.5. The molecule has 2 atom stereocenters. The lowest BCUT2D eigenvalue weighted by Crippen LogP contribution is -2.54. The number of benzene rings is 3. The molecule has 4 rings (SSSR count). The van der Waals surface area contributed by atoms with Crippen molar-refractivity contribution in [3.63, 3.8) is 0 Å². The van der Waals surface area contributed by atoms with E-state index in [1.165, 1.54) is 25.7 Å². The van der Waals surface area contributed by atoms with Crippen molar-refractivity contribution in [2.75, 3.05) is 27.2 Å². The van der Waals surface area contributed by atoms with E-state index in [-0.39, 0.29) is 18.4 Å². The average Bonchev–Trinajstić information content (AvgIpc) is 3.12. The van der Waals surface area contributed by atoms with Gasteiger partial charge in [-0.3, -0.25) is 9.59 Å². The Balaban J connectivity index is 1.43. The summed E-state index contributed by atoms with van der Waals surface area (Å²) < 4.78 is 5.89. The quantitative estimate of drug-likeness (QED) is 0.0949. The van der Waals surface area contributed by atoms with Gasteiger partial charge in [0.2, 0.25) is 5.91 Å². The fraction of sp³-hybridized carbons (Fsp3) is 0.405. The minimum atomic E-state index is -1.16. The maximum atomic E-state index is 13.5. The molecule has 10 heteroatoms. The van der Waals surface area contributed by atoms with E-state index in [1.807, 2.05) is 60.7 Å². The van der Waals surface area contributed by atoms with Gasteiger partial charge in [0.05, 0.1) is 6.61 Å². The summed E-state index contributed by atoms with van der Waals surface area (Å²) in [5.41, 5.74) is 4.84. The van der Waals surface area contributed by atoms with Crippen molar-refractivity contribution in [2.45, 2.75) is 83.7 Å². The van der Waals surface area contributed by atoms with Gasteiger partial charge in [0.1, 0.15) is 17.8 Å². The molecular weight excluding hydrogens is 654 g/mol. The third-order valence-corrected chi connectivity index (χ3v) is 8.81. The number of unbranched alkanes of at least 4 members (excludes halogenated alkanes) is 4. The van der Waals surface area contributed by atoms with Crippen LogP contribution in [0.5, 0.6) is 5.75 Å². The van der Waals surface area contributed by atoms with E-state index in [1.54, 1.807) is 43.5 Å². The molecule has 276 valence electrons. The van der Waals surface area contributed by atoms with Crippen molar-refractivity contribution in [3.8, 4) is 28.3 Å². The Kier molecular flexibility index (Phi) is 14.5. The number of amides is 2. The van der Waals surface area contributed by atoms with Crippen molar-refractivity contribution in [1.29, 1.82) is 0 Å². The highest BCUT2D eigenvalue weighted by molar-refractivity contribution is 5.98. The second-order valence-electron chi connectivity index (χ2n) is 14.5. The van der Waals surface area contributed by atoms with Crippen molar-refractivity contribution in [1.82, 2.24) is 25.5 Å². The van der Waals surface area contributed by atoms with Crippen LogP contribution in [0.4, 0.5) is 0 Å². The Hall–Kier alpha value is -5.09. The molecule has 3 aromatic carbocycles. The van der Waals surface area contributed by atoms with Crippen LogP contribution in [0.25, 0.3) is 22.5 Å². The topological polar surface area (TPSA) is 134 Å². The average molecular weight is 708 g/mol. The first-order chi connectivity index (χ1) is 24.8. The molecule has 2 amide bonds. The van der Waals surface area contributed by atoms with Crippen LogP contribution in [0.3, 0.4) is 0 Å². The molecule has 0 spiro atoms. The number of hydrogen-bond donors (Lipinski definition) is 3. The molecule has 0 aliphatic carbocycles. The predicted molar refractivity (Wildman–Crippen MR) is 205 cm³/mol. The lowest BCUT2D eigenvalue weighted by Gasteiger charge is -2.24. The number of aliphatic carboxylic acids is 1. The highest BCUT2D eigenvalue weighted by Gasteiger charge is 2.28. The summed E-state index contributed by atoms with van der Waals surface area (Å²) in [5.74, 6) is -0.771. The summed E-state index contributed by atoms with van der Waals surface area (Å²) in [6.07, 6.45) is 9.72. The van der Waals surface area contributed by atoms with Crippen molar-refractivity contribution in [2.24, 2.45) is 0 Å². The fourth-order valence-electron chi connectivity index (χ4n) is 5.69. The van der Waals surface area contributed by atoms with Gasteiger partial charge in [-0.1, -0.05) is 102 Å². The van der Waals surface area contributed by atoms with E-state index in [2.05, 4.69) is 48.3 Å². The van der Waals surface area contributed by atoms with E-state index < -0.39 is 29.9 Å². The Morgan fingerprint density at radius 1 is 0.769 bits per heavy atom. The van der Waals surface area contributed by atoms with Crippen molar-refractivity contribution >= 4 is 17.8 Å². The number of hydrogen-bond acceptors (Lipinski definition) is 7. The first kappa shape index (κ1) is 39.7. The van der Waals surface area contributed by atoms with Gasteiger partial charge >= 0.3 is 5.97 Å². The number of aromatic nitrogens is 2. The summed E-state index contributed by atoms with van der Waals surface area (Å²) in [4.78, 5) is 49.6. The predicted octanol–water partition coefficient (Wildman–Crippen LogP) is 6.93. The Bertz CT molecular complexity index is 1730. The molecule has 0 saturated carbocycles. The van der Waals surface area contributed by atoms with Gasteiger partial charge in [0, 0.05) is 42.0 Å². The first-order valence-corrected chi connectivity index (χ1v) is 18.1. The third-order valence-electron chi connectivity index (χ3n) is 8.81. The van der Waals surface area contributed by atoms with Crippen LogP contribution in [0, 0.1) is 0 Å². The minimum Gasteiger partial charge on any atom is -0.494 e. The number of nitrogens with one attached hydrogen (secondary N) is 2. The number of ether oxygens (including phenoxy) is 1. The van der Waals surface area contributed by atoms with E-state index in [4.69, 9.17) is 4.74 Å². The first-order valence-electron chi connectivity index (χ1n) is 18.1. The van der Waals surface area contributed by atoms with Gasteiger partial charge < -0.3 is 25.4 Å². The van der Waals surface area contributed by atoms with Gasteiger partial charge in [-0.15, -0.1) is 0 Å². The number of carbonyl (C=O) groups excluding carboxylic acids is 2. The van der Waals surface area contributed by atoms with Crippen LogP contribution in [0.2, 0.25) is 0 Å². The minimum absolute atomic E-state index is 0.0797. The fourth-order valence-corrected chi connectivity index (χ4v) is 5.69. The third kappa shape index (κ3) is 12.0. The van der Waals surface area contributed by atoms with Crippen molar-refractivity contribution < 1.29 is 24.2 Å². The summed E-state index contributed by atoms with van der Waals surface area (Å²) in [7, 11) is 3.46. The zero-order valence-electron chi connectivity index (χ0n) is 31.3. The molecule has 3 N–H and O–H groups in total. The number of likely N-dealkylation sites (N-methyl/N-ethyl adjacent to an activating group) is 1. The molecule has 4 aromatic rings. The second kappa shape index (κ2) is 18.9. The van der Waals surface area contributed by atoms with Gasteiger partial charge in [-0.25, -0.2) is 14.8 Å². The number of rotatable bonds is 18. The molecule has 0 saturated heterocycles. The molecule has 0 radical (unpaired) electrons. The van der Waals surface area contributed by atoms with Gasteiger partial charge in [-0.2, -0.15) is 0 Å². The molecule has 0 aliphatic heterocycles. The molecule has 10 nitrogen and oxygen atoms in total. The zero-order valence-corrected chi connectivity index (χ0v) is 31.3. The monoisotopic (exact) mass is 707 g/mol. The molecule has 1 heterocycles. The number of carboxylic acids is 1. The summed E-state index contributed by atoms with van der Waals surface area (Å²) >= 11 is 0. The van der Waals surface area contributed by atoms with Crippen LogP contribution >= 0.6 is 0 Å². The Morgan fingerprint density at radius 3 is 1.96 bits per heavy atom. The Morgan fingerprint density at radius 2 is 1.38 bits per heavy atom. The number of carbonyl (C=O) groups is 3. The van der Waals surface area contributed by atoms with Crippen LogP contribution in [0.15, 0.2) is 85.2 Å². The smallest absolute Gasteiger partial charge is 0.327 e. The maximum Gasteiger partial charge on any atom is 0.327 e. The zero-order chi connectivity index (χ0) is 37.7. The van der Waals surface area contributed by atoms with Crippen LogP contribution in [-0.4, -0.2) is 77.1 Å². The number of nitrogens with zero attached hydrogens (tertiary/aromatic N) is 3. The summed E-state index contributed by atoms with van der Waals surface area (Å²) in [6.45, 7) is 9.31. The van der Waals surface area contributed by atoms with Gasteiger partial charge in [-0.05, 0) is 66.9 Å². The van der Waals surface area contributed by atoms with Crippen LogP contribution < -0.4 is 15.4 Å². The Labute approximate surface area is 308 Å². The van der Waals surface area contributed by atoms with E-state index in [0.29, 0.717) is 11.4 Å².